The van der Waals surface area contributed by atoms with Gasteiger partial charge in [0, 0.05) is 12.6 Å². The molecule has 4 nitrogen and oxygen atoms in total. The van der Waals surface area contributed by atoms with Crippen LogP contribution in [0.2, 0.25) is 0 Å². The summed E-state index contributed by atoms with van der Waals surface area (Å²) in [7, 11) is 0. The minimum Gasteiger partial charge on any atom is -0.352 e. The highest BCUT2D eigenvalue weighted by Crippen LogP contribution is 1.99. The Morgan fingerprint density at radius 3 is 2.38 bits per heavy atom. The molecular weight excluding hydrogens is 168 g/mol. The molecule has 0 aliphatic carbocycles. The van der Waals surface area contributed by atoms with Crippen LogP contribution in [0.1, 0.15) is 27.7 Å². The molecule has 0 aliphatic heterocycles. The van der Waals surface area contributed by atoms with Crippen molar-refractivity contribution in [3.8, 4) is 0 Å². The first kappa shape index (κ1) is 12.4. The summed E-state index contributed by atoms with van der Waals surface area (Å²) < 4.78 is 0. The number of rotatable bonds is 5. The minimum atomic E-state index is -0.134. The molecule has 0 rings (SSSR count). The Kier molecular flexibility index (Phi) is 5.66. The molecular formula is C9H20N2O2. The largest absolute Gasteiger partial charge is 0.352 e. The van der Waals surface area contributed by atoms with E-state index < -0.39 is 0 Å². The Morgan fingerprint density at radius 1 is 1.46 bits per heavy atom. The van der Waals surface area contributed by atoms with Gasteiger partial charge in [0.05, 0.1) is 0 Å². The zero-order valence-corrected chi connectivity index (χ0v) is 8.87. The molecule has 0 spiro atoms. The van der Waals surface area contributed by atoms with Crippen molar-refractivity contribution >= 4 is 5.91 Å². The van der Waals surface area contributed by atoms with Gasteiger partial charge in [-0.15, -0.1) is 0 Å². The fourth-order valence-corrected chi connectivity index (χ4v) is 0.744. The lowest BCUT2D eigenvalue weighted by Crippen LogP contribution is -2.41. The van der Waals surface area contributed by atoms with Gasteiger partial charge >= 0.3 is 0 Å². The molecule has 1 atom stereocenters. The SMILES string of the molecule is CCN(O)CC(=O)NC(C)C(C)C. The van der Waals surface area contributed by atoms with Crippen molar-refractivity contribution in [2.45, 2.75) is 33.7 Å². The summed E-state index contributed by atoms with van der Waals surface area (Å²) in [4.78, 5) is 11.2. The number of likely N-dealkylation sites (N-methyl/N-ethyl adjacent to an activating group) is 1. The molecule has 0 saturated heterocycles. The van der Waals surface area contributed by atoms with Crippen molar-refractivity contribution in [2.75, 3.05) is 13.1 Å². The molecule has 2 N–H and O–H groups in total. The molecule has 0 fully saturated rings. The van der Waals surface area contributed by atoms with E-state index in [0.717, 1.165) is 5.06 Å². The van der Waals surface area contributed by atoms with Crippen LogP contribution in [-0.4, -0.2) is 35.3 Å². The number of nitrogens with one attached hydrogen (secondary N) is 1. The van der Waals surface area contributed by atoms with Gasteiger partial charge in [0.1, 0.15) is 6.54 Å². The standard InChI is InChI=1S/C9H20N2O2/c1-5-11(13)6-9(12)10-8(4)7(2)3/h7-8,13H,5-6H2,1-4H3,(H,10,12). The topological polar surface area (TPSA) is 52.6 Å². The molecule has 0 aromatic heterocycles. The minimum absolute atomic E-state index is 0.0492. The van der Waals surface area contributed by atoms with Crippen LogP contribution in [0.15, 0.2) is 0 Å². The Balaban J connectivity index is 3.74. The second-order valence-electron chi connectivity index (χ2n) is 3.58. The first-order valence-electron chi connectivity index (χ1n) is 4.70. The second-order valence-corrected chi connectivity index (χ2v) is 3.58. The van der Waals surface area contributed by atoms with Crippen LogP contribution < -0.4 is 5.32 Å². The maximum absolute atomic E-state index is 11.2. The number of hydroxylamine groups is 2. The molecule has 13 heavy (non-hydrogen) atoms. The summed E-state index contributed by atoms with van der Waals surface area (Å²) in [6.07, 6.45) is 0. The molecule has 0 saturated carbocycles. The van der Waals surface area contributed by atoms with Crippen LogP contribution in [0.5, 0.6) is 0 Å². The van der Waals surface area contributed by atoms with Gasteiger partial charge in [-0.3, -0.25) is 4.79 Å². The van der Waals surface area contributed by atoms with Gasteiger partial charge in [-0.2, -0.15) is 5.06 Å². The summed E-state index contributed by atoms with van der Waals surface area (Å²) >= 11 is 0. The van der Waals surface area contributed by atoms with E-state index in [1.807, 2.05) is 20.8 Å². The fourth-order valence-electron chi connectivity index (χ4n) is 0.744. The molecule has 0 radical (unpaired) electrons. The van der Waals surface area contributed by atoms with Crippen LogP contribution in [0.25, 0.3) is 0 Å². The highest BCUT2D eigenvalue weighted by Gasteiger charge is 2.12. The average Bonchev–Trinajstić information content (AvgIpc) is 2.03. The second kappa shape index (κ2) is 5.94. The van der Waals surface area contributed by atoms with Crippen LogP contribution in [-0.2, 0) is 4.79 Å². The molecule has 1 unspecified atom stereocenters. The molecule has 0 aromatic carbocycles. The third kappa shape index (κ3) is 5.60. The molecule has 78 valence electrons. The van der Waals surface area contributed by atoms with Crippen molar-refractivity contribution in [3.05, 3.63) is 0 Å². The number of carbonyl (C=O) groups is 1. The monoisotopic (exact) mass is 188 g/mol. The molecule has 0 bridgehead atoms. The van der Waals surface area contributed by atoms with Crippen molar-refractivity contribution in [1.82, 2.24) is 10.4 Å². The van der Waals surface area contributed by atoms with Crippen molar-refractivity contribution < 1.29 is 10.0 Å². The maximum Gasteiger partial charge on any atom is 0.236 e. The van der Waals surface area contributed by atoms with Crippen LogP contribution >= 0.6 is 0 Å². The number of amides is 1. The zero-order chi connectivity index (χ0) is 10.4. The normalized spacial score (nSPS) is 13.5. The summed E-state index contributed by atoms with van der Waals surface area (Å²) in [6, 6.07) is 0.151. The molecule has 0 heterocycles. The third-order valence-corrected chi connectivity index (χ3v) is 2.08. The number of carbonyl (C=O) groups excluding carboxylic acids is 1. The van der Waals surface area contributed by atoms with Gasteiger partial charge in [0.2, 0.25) is 5.91 Å². The number of hydrogen-bond donors (Lipinski definition) is 2. The summed E-state index contributed by atoms with van der Waals surface area (Å²) in [5.41, 5.74) is 0. The van der Waals surface area contributed by atoms with E-state index in [-0.39, 0.29) is 18.5 Å². The van der Waals surface area contributed by atoms with E-state index in [4.69, 9.17) is 5.21 Å². The summed E-state index contributed by atoms with van der Waals surface area (Å²) in [5.74, 6) is 0.281. The lowest BCUT2D eigenvalue weighted by Gasteiger charge is -2.19. The van der Waals surface area contributed by atoms with Crippen molar-refractivity contribution in [1.29, 1.82) is 0 Å². The predicted molar refractivity (Wildman–Crippen MR) is 51.5 cm³/mol. The fraction of sp³-hybridized carbons (Fsp3) is 0.889. The quantitative estimate of drug-likeness (QED) is 0.629. The van der Waals surface area contributed by atoms with E-state index in [9.17, 15) is 4.79 Å². The van der Waals surface area contributed by atoms with E-state index in [0.29, 0.717) is 12.5 Å². The van der Waals surface area contributed by atoms with Gasteiger partial charge < -0.3 is 10.5 Å². The highest BCUT2D eigenvalue weighted by molar-refractivity contribution is 5.78. The van der Waals surface area contributed by atoms with Crippen molar-refractivity contribution in [2.24, 2.45) is 5.92 Å². The molecule has 0 aliphatic rings. The Bertz CT molecular complexity index is 160. The number of nitrogens with zero attached hydrogens (tertiary/aromatic N) is 1. The lowest BCUT2D eigenvalue weighted by atomic mass is 10.1. The van der Waals surface area contributed by atoms with Crippen LogP contribution in [0, 0.1) is 5.92 Å². The Morgan fingerprint density at radius 2 is 2.00 bits per heavy atom. The van der Waals surface area contributed by atoms with Gasteiger partial charge in [0.25, 0.3) is 0 Å². The zero-order valence-electron chi connectivity index (χ0n) is 8.87. The van der Waals surface area contributed by atoms with E-state index in [1.54, 1.807) is 6.92 Å². The lowest BCUT2D eigenvalue weighted by molar-refractivity contribution is -0.137. The predicted octanol–water partition coefficient (Wildman–Crippen LogP) is 0.858. The first-order valence-corrected chi connectivity index (χ1v) is 4.70. The third-order valence-electron chi connectivity index (χ3n) is 2.08. The molecule has 1 amide bonds. The smallest absolute Gasteiger partial charge is 0.236 e. The van der Waals surface area contributed by atoms with Crippen LogP contribution in [0.4, 0.5) is 0 Å². The molecule has 0 aromatic rings. The Hall–Kier alpha value is -0.610. The van der Waals surface area contributed by atoms with E-state index >= 15 is 0 Å². The van der Waals surface area contributed by atoms with Gasteiger partial charge in [-0.25, -0.2) is 0 Å². The maximum atomic E-state index is 11.2. The van der Waals surface area contributed by atoms with Gasteiger partial charge in [-0.1, -0.05) is 20.8 Å². The van der Waals surface area contributed by atoms with Gasteiger partial charge in [0.15, 0.2) is 0 Å². The highest BCUT2D eigenvalue weighted by atomic mass is 16.5. The van der Waals surface area contributed by atoms with Gasteiger partial charge in [-0.05, 0) is 12.8 Å². The van der Waals surface area contributed by atoms with Crippen molar-refractivity contribution in [3.63, 3.8) is 0 Å². The molecule has 4 heteroatoms. The Labute approximate surface area is 79.9 Å². The average molecular weight is 188 g/mol. The van der Waals surface area contributed by atoms with Crippen LogP contribution in [0.3, 0.4) is 0 Å². The summed E-state index contributed by atoms with van der Waals surface area (Å²) in [5, 5.41) is 12.8. The van der Waals surface area contributed by atoms with E-state index in [2.05, 4.69) is 5.32 Å². The van der Waals surface area contributed by atoms with E-state index in [1.165, 1.54) is 0 Å². The number of hydrogen-bond acceptors (Lipinski definition) is 3. The first-order chi connectivity index (χ1) is 5.97. The summed E-state index contributed by atoms with van der Waals surface area (Å²) in [6.45, 7) is 8.34.